The number of hydrogen-bond acceptors (Lipinski definition) is 3. The van der Waals surface area contributed by atoms with Crippen molar-refractivity contribution in [3.05, 3.63) is 42.5 Å². The number of ether oxygens (including phenoxy) is 1. The van der Waals surface area contributed by atoms with Crippen molar-refractivity contribution in [2.75, 3.05) is 6.61 Å². The molecule has 0 aromatic heterocycles. The predicted molar refractivity (Wildman–Crippen MR) is 75.4 cm³/mol. The first kappa shape index (κ1) is 12.3. The van der Waals surface area contributed by atoms with Gasteiger partial charge in [-0.15, -0.1) is 4.52 Å². The lowest BCUT2D eigenvalue weighted by Gasteiger charge is -1.97. The third kappa shape index (κ3) is 2.53. The highest BCUT2D eigenvalue weighted by Crippen LogP contribution is 2.51. The van der Waals surface area contributed by atoms with Gasteiger partial charge in [-0.1, -0.05) is 19.1 Å². The second kappa shape index (κ2) is 5.12. The molecule has 4 heteroatoms. The van der Waals surface area contributed by atoms with Crippen molar-refractivity contribution in [1.82, 2.24) is 0 Å². The summed E-state index contributed by atoms with van der Waals surface area (Å²) < 4.78 is 22.4. The topological polar surface area (TPSA) is 38.8 Å². The molecule has 1 aliphatic heterocycles. The van der Waals surface area contributed by atoms with Gasteiger partial charge in [-0.2, -0.15) is 0 Å². The van der Waals surface area contributed by atoms with Crippen LogP contribution in [0.5, 0.6) is 11.5 Å². The standard InChI is InChI=1S/C15H14O3P/c1-2-10-17-19(16)12-8-6-11(7-9-12)13-4-3-5-14-15(13)18-14/h3-9H,2,10H2,1H3/q+1. The Kier molecular flexibility index (Phi) is 3.33. The average molecular weight is 273 g/mol. The van der Waals surface area contributed by atoms with E-state index in [0.717, 1.165) is 34.4 Å². The minimum atomic E-state index is -1.74. The maximum Gasteiger partial charge on any atom is 0.548 e. The molecule has 0 saturated carbocycles. The Balaban J connectivity index is 1.80. The van der Waals surface area contributed by atoms with Gasteiger partial charge in [0, 0.05) is 5.56 Å². The van der Waals surface area contributed by atoms with Crippen LogP contribution in [0.2, 0.25) is 0 Å². The Morgan fingerprint density at radius 3 is 2.68 bits per heavy atom. The minimum absolute atomic E-state index is 0.525. The van der Waals surface area contributed by atoms with Crippen LogP contribution in [0, 0.1) is 0 Å². The zero-order valence-corrected chi connectivity index (χ0v) is 11.5. The molecule has 2 aromatic carbocycles. The fraction of sp³-hybridized carbons (Fsp3) is 0.200. The summed E-state index contributed by atoms with van der Waals surface area (Å²) in [4.78, 5) is 0. The zero-order chi connectivity index (χ0) is 13.2. The average Bonchev–Trinajstić information content (AvgIpc) is 3.24. The summed E-state index contributed by atoms with van der Waals surface area (Å²) in [6.07, 6.45) is 0.868. The molecule has 1 heterocycles. The quantitative estimate of drug-likeness (QED) is 0.515. The van der Waals surface area contributed by atoms with E-state index < -0.39 is 8.03 Å². The van der Waals surface area contributed by atoms with E-state index in [1.165, 1.54) is 0 Å². The van der Waals surface area contributed by atoms with Gasteiger partial charge in [-0.3, -0.25) is 0 Å². The molecule has 0 bridgehead atoms. The van der Waals surface area contributed by atoms with E-state index in [1.54, 1.807) is 0 Å². The van der Waals surface area contributed by atoms with Crippen LogP contribution >= 0.6 is 8.03 Å². The molecule has 0 amide bonds. The van der Waals surface area contributed by atoms with Crippen LogP contribution in [0.3, 0.4) is 0 Å². The Morgan fingerprint density at radius 2 is 1.95 bits per heavy atom. The molecule has 1 unspecified atom stereocenters. The van der Waals surface area contributed by atoms with Crippen LogP contribution < -0.4 is 10.0 Å². The molecular weight excluding hydrogens is 259 g/mol. The minimum Gasteiger partial charge on any atom is -0.449 e. The second-order valence-electron chi connectivity index (χ2n) is 4.37. The van der Waals surface area contributed by atoms with Gasteiger partial charge < -0.3 is 4.74 Å². The van der Waals surface area contributed by atoms with Crippen molar-refractivity contribution in [2.45, 2.75) is 13.3 Å². The lowest BCUT2D eigenvalue weighted by Crippen LogP contribution is -1.98. The number of rotatable bonds is 5. The van der Waals surface area contributed by atoms with Gasteiger partial charge in [0.2, 0.25) is 5.30 Å². The molecule has 19 heavy (non-hydrogen) atoms. The Bertz CT molecular complexity index is 620. The maximum absolute atomic E-state index is 11.8. The molecule has 0 saturated heterocycles. The first-order valence-corrected chi connectivity index (χ1v) is 7.49. The van der Waals surface area contributed by atoms with E-state index in [9.17, 15) is 4.57 Å². The van der Waals surface area contributed by atoms with E-state index in [1.807, 2.05) is 49.4 Å². The number of hydrogen-bond donors (Lipinski definition) is 0. The van der Waals surface area contributed by atoms with Crippen molar-refractivity contribution in [2.24, 2.45) is 0 Å². The summed E-state index contributed by atoms with van der Waals surface area (Å²) in [6.45, 7) is 2.52. The van der Waals surface area contributed by atoms with Gasteiger partial charge in [-0.25, -0.2) is 0 Å². The summed E-state index contributed by atoms with van der Waals surface area (Å²) in [7, 11) is -1.74. The number of fused-ring (bicyclic) bond motifs is 1. The third-order valence-electron chi connectivity index (χ3n) is 2.95. The molecule has 0 N–H and O–H groups in total. The number of benzene rings is 2. The van der Waals surface area contributed by atoms with Gasteiger partial charge in [0.1, 0.15) is 6.61 Å². The first-order valence-electron chi connectivity index (χ1n) is 6.31. The highest BCUT2D eigenvalue weighted by atomic mass is 31.1. The van der Waals surface area contributed by atoms with E-state index >= 15 is 0 Å². The van der Waals surface area contributed by atoms with E-state index in [0.29, 0.717) is 6.61 Å². The predicted octanol–water partition coefficient (Wildman–Crippen LogP) is 4.25. The van der Waals surface area contributed by atoms with Crippen LogP contribution in [0.15, 0.2) is 42.5 Å². The Hall–Kier alpha value is -1.70. The molecule has 1 aliphatic rings. The maximum atomic E-state index is 11.8. The first-order chi connectivity index (χ1) is 9.29. The van der Waals surface area contributed by atoms with Gasteiger partial charge in [0.25, 0.3) is 0 Å². The molecule has 0 radical (unpaired) electrons. The summed E-state index contributed by atoms with van der Waals surface area (Å²) in [5, 5.41) is 0.727. The zero-order valence-electron chi connectivity index (χ0n) is 10.6. The molecule has 96 valence electrons. The third-order valence-corrected chi connectivity index (χ3v) is 4.09. The monoisotopic (exact) mass is 273 g/mol. The van der Waals surface area contributed by atoms with Gasteiger partial charge in [-0.05, 0) is 46.9 Å². The van der Waals surface area contributed by atoms with Crippen molar-refractivity contribution >= 4 is 13.3 Å². The molecule has 3 rings (SSSR count). The van der Waals surface area contributed by atoms with Crippen LogP contribution in [0.25, 0.3) is 11.1 Å². The molecule has 0 fully saturated rings. The largest absolute Gasteiger partial charge is 0.548 e. The normalized spacial score (nSPS) is 12.6. The summed E-state index contributed by atoms with van der Waals surface area (Å²) in [6, 6.07) is 13.6. The number of para-hydroxylation sites is 1. The Labute approximate surface area is 113 Å². The molecule has 0 spiro atoms. The lowest BCUT2D eigenvalue weighted by molar-refractivity contribution is 0.335. The van der Waals surface area contributed by atoms with Crippen molar-refractivity contribution in [1.29, 1.82) is 0 Å². The van der Waals surface area contributed by atoms with Crippen molar-refractivity contribution < 1.29 is 13.8 Å². The fourth-order valence-electron chi connectivity index (χ4n) is 1.93. The fourth-order valence-corrected chi connectivity index (χ4v) is 2.82. The van der Waals surface area contributed by atoms with Crippen molar-refractivity contribution in [3.63, 3.8) is 0 Å². The second-order valence-corrected chi connectivity index (χ2v) is 5.66. The molecule has 1 atom stereocenters. The van der Waals surface area contributed by atoms with Gasteiger partial charge >= 0.3 is 8.03 Å². The lowest BCUT2D eigenvalue weighted by atomic mass is 10.1. The van der Waals surface area contributed by atoms with Gasteiger partial charge in [0.05, 0.1) is 0 Å². The highest BCUT2D eigenvalue weighted by molar-refractivity contribution is 7.48. The summed E-state index contributed by atoms with van der Waals surface area (Å²) >= 11 is 0. The van der Waals surface area contributed by atoms with Crippen LogP contribution in [-0.2, 0) is 9.09 Å². The van der Waals surface area contributed by atoms with E-state index in [2.05, 4.69) is 0 Å². The van der Waals surface area contributed by atoms with Crippen LogP contribution in [0.4, 0.5) is 0 Å². The molecular formula is C15H14O3P+. The molecule has 0 aliphatic carbocycles. The summed E-state index contributed by atoms with van der Waals surface area (Å²) in [5.74, 6) is 1.89. The SMILES string of the molecule is CCCO[P+](=O)c1ccc(-c2cccc3c2O3)cc1. The molecule has 3 nitrogen and oxygen atoms in total. The molecule has 2 aromatic rings. The Morgan fingerprint density at radius 1 is 1.16 bits per heavy atom. The van der Waals surface area contributed by atoms with Crippen LogP contribution in [0.1, 0.15) is 13.3 Å². The summed E-state index contributed by atoms with van der Waals surface area (Å²) in [5.41, 5.74) is 2.14. The van der Waals surface area contributed by atoms with Crippen molar-refractivity contribution in [3.8, 4) is 22.6 Å². The van der Waals surface area contributed by atoms with Gasteiger partial charge in [0.15, 0.2) is 11.5 Å². The van der Waals surface area contributed by atoms with Crippen LogP contribution in [-0.4, -0.2) is 6.61 Å². The van der Waals surface area contributed by atoms with E-state index in [-0.39, 0.29) is 0 Å². The highest BCUT2D eigenvalue weighted by Gasteiger charge is 2.26. The smallest absolute Gasteiger partial charge is 0.449 e. The van der Waals surface area contributed by atoms with E-state index in [4.69, 9.17) is 9.26 Å².